The summed E-state index contributed by atoms with van der Waals surface area (Å²) in [4.78, 5) is 11.4. The Morgan fingerprint density at radius 2 is 2.11 bits per heavy atom. The fourth-order valence-corrected chi connectivity index (χ4v) is 1.38. The fraction of sp³-hybridized carbons (Fsp3) is 0.286. The van der Waals surface area contributed by atoms with E-state index in [9.17, 15) is 9.90 Å². The van der Waals surface area contributed by atoms with Crippen LogP contribution in [0.4, 0.5) is 0 Å². The highest BCUT2D eigenvalue weighted by Gasteiger charge is 2.09. The second-order valence-corrected chi connectivity index (χ2v) is 3.73. The van der Waals surface area contributed by atoms with Crippen molar-refractivity contribution in [3.8, 4) is 6.07 Å². The topological polar surface area (TPSA) is 70.3 Å². The van der Waals surface area contributed by atoms with E-state index in [1.165, 1.54) is 6.08 Å². The zero-order valence-electron chi connectivity index (χ0n) is 10.4. The van der Waals surface area contributed by atoms with Gasteiger partial charge in [-0.3, -0.25) is 0 Å². The molecule has 1 unspecified atom stereocenters. The van der Waals surface area contributed by atoms with E-state index in [0.717, 1.165) is 5.56 Å². The van der Waals surface area contributed by atoms with Crippen LogP contribution in [-0.4, -0.2) is 17.7 Å². The number of hydrogen-bond donors (Lipinski definition) is 1. The lowest BCUT2D eigenvalue weighted by atomic mass is 10.1. The molecule has 1 atom stereocenters. The molecular formula is C14H15NO3. The number of esters is 1. The van der Waals surface area contributed by atoms with Crippen LogP contribution < -0.4 is 0 Å². The highest BCUT2D eigenvalue weighted by atomic mass is 16.5. The molecule has 4 nitrogen and oxygen atoms in total. The number of carbonyl (C=O) groups excluding carboxylic acids is 1. The predicted octanol–water partition coefficient (Wildman–Crippen LogP) is 2.21. The summed E-state index contributed by atoms with van der Waals surface area (Å²) in [7, 11) is 0. The van der Waals surface area contributed by atoms with Gasteiger partial charge in [0.05, 0.1) is 12.7 Å². The summed E-state index contributed by atoms with van der Waals surface area (Å²) in [5.41, 5.74) is 1.45. The normalized spacial score (nSPS) is 12.7. The van der Waals surface area contributed by atoms with Gasteiger partial charge in [0.15, 0.2) is 0 Å². The molecule has 1 N–H and O–H groups in total. The van der Waals surface area contributed by atoms with Gasteiger partial charge in [0.25, 0.3) is 0 Å². The summed E-state index contributed by atoms with van der Waals surface area (Å²) >= 11 is 0. The smallest absolute Gasteiger partial charge is 0.348 e. The Morgan fingerprint density at radius 3 is 2.56 bits per heavy atom. The minimum Gasteiger partial charge on any atom is -0.462 e. The molecule has 0 radical (unpaired) electrons. The quantitative estimate of drug-likeness (QED) is 0.501. The first-order valence-electron chi connectivity index (χ1n) is 5.65. The van der Waals surface area contributed by atoms with Gasteiger partial charge in [0.1, 0.15) is 11.6 Å². The summed E-state index contributed by atoms with van der Waals surface area (Å²) in [6.45, 7) is 3.59. The van der Waals surface area contributed by atoms with Crippen molar-refractivity contribution < 1.29 is 14.6 Å². The molecule has 94 valence electrons. The Morgan fingerprint density at radius 1 is 1.50 bits per heavy atom. The molecule has 0 aliphatic carbocycles. The molecule has 0 aliphatic rings. The van der Waals surface area contributed by atoms with Gasteiger partial charge < -0.3 is 9.84 Å². The van der Waals surface area contributed by atoms with Crippen LogP contribution in [0.15, 0.2) is 29.8 Å². The van der Waals surface area contributed by atoms with Crippen LogP contribution in [0.3, 0.4) is 0 Å². The van der Waals surface area contributed by atoms with Crippen LogP contribution in [0.5, 0.6) is 0 Å². The Hall–Kier alpha value is -2.12. The highest BCUT2D eigenvalue weighted by molar-refractivity contribution is 5.97. The second-order valence-electron chi connectivity index (χ2n) is 3.73. The van der Waals surface area contributed by atoms with Crippen molar-refractivity contribution in [2.45, 2.75) is 20.0 Å². The van der Waals surface area contributed by atoms with Crippen molar-refractivity contribution in [1.29, 1.82) is 5.26 Å². The third kappa shape index (κ3) is 3.72. The molecule has 0 spiro atoms. The monoisotopic (exact) mass is 245 g/mol. The lowest BCUT2D eigenvalue weighted by Gasteiger charge is -2.04. The number of rotatable bonds is 4. The summed E-state index contributed by atoms with van der Waals surface area (Å²) in [5, 5.41) is 18.2. The minimum absolute atomic E-state index is 0.0401. The fourth-order valence-electron chi connectivity index (χ4n) is 1.38. The van der Waals surface area contributed by atoms with Gasteiger partial charge in [0, 0.05) is 0 Å². The third-order valence-electron chi connectivity index (χ3n) is 2.35. The Bertz CT molecular complexity index is 481. The van der Waals surface area contributed by atoms with Gasteiger partial charge in [-0.1, -0.05) is 24.3 Å². The van der Waals surface area contributed by atoms with Crippen molar-refractivity contribution in [1.82, 2.24) is 0 Å². The second kappa shape index (κ2) is 6.58. The average molecular weight is 245 g/mol. The van der Waals surface area contributed by atoms with E-state index in [4.69, 9.17) is 10.00 Å². The van der Waals surface area contributed by atoms with E-state index in [1.54, 1.807) is 38.1 Å². The molecule has 0 heterocycles. The van der Waals surface area contributed by atoms with Gasteiger partial charge in [-0.05, 0) is 31.1 Å². The van der Waals surface area contributed by atoms with Crippen LogP contribution >= 0.6 is 0 Å². The van der Waals surface area contributed by atoms with E-state index in [0.29, 0.717) is 5.56 Å². The minimum atomic E-state index is -0.625. The van der Waals surface area contributed by atoms with E-state index in [2.05, 4.69) is 0 Å². The number of ether oxygens (including phenoxy) is 1. The number of carbonyl (C=O) groups is 1. The van der Waals surface area contributed by atoms with Crippen molar-refractivity contribution in [3.05, 3.63) is 41.0 Å². The van der Waals surface area contributed by atoms with E-state index in [-0.39, 0.29) is 12.2 Å². The number of nitriles is 1. The number of nitrogens with zero attached hydrogens (tertiary/aromatic N) is 1. The van der Waals surface area contributed by atoms with Gasteiger partial charge in [-0.15, -0.1) is 0 Å². The van der Waals surface area contributed by atoms with Crippen LogP contribution in [0.2, 0.25) is 0 Å². The maximum atomic E-state index is 11.4. The number of aliphatic hydroxyl groups excluding tert-OH is 1. The van der Waals surface area contributed by atoms with Crippen molar-refractivity contribution in [2.24, 2.45) is 0 Å². The molecule has 18 heavy (non-hydrogen) atoms. The molecule has 1 aromatic rings. The summed E-state index contributed by atoms with van der Waals surface area (Å²) < 4.78 is 4.76. The third-order valence-corrected chi connectivity index (χ3v) is 2.35. The first kappa shape index (κ1) is 13.9. The zero-order valence-corrected chi connectivity index (χ0v) is 10.4. The lowest BCUT2D eigenvalue weighted by Crippen LogP contribution is -2.05. The molecular weight excluding hydrogens is 230 g/mol. The SMILES string of the molecule is CCOC(=O)/C(C#N)=C\c1ccc(C(C)O)cc1. The average Bonchev–Trinajstić information content (AvgIpc) is 2.36. The Kier molecular flexibility index (Phi) is 5.09. The van der Waals surface area contributed by atoms with Crippen molar-refractivity contribution in [2.75, 3.05) is 6.61 Å². The van der Waals surface area contributed by atoms with Crippen molar-refractivity contribution in [3.63, 3.8) is 0 Å². The number of hydrogen-bond acceptors (Lipinski definition) is 4. The van der Waals surface area contributed by atoms with Crippen LogP contribution in [-0.2, 0) is 9.53 Å². The van der Waals surface area contributed by atoms with Crippen LogP contribution in [0.1, 0.15) is 31.1 Å². The first-order chi connectivity index (χ1) is 8.58. The molecule has 0 saturated heterocycles. The largest absolute Gasteiger partial charge is 0.462 e. The van der Waals surface area contributed by atoms with Gasteiger partial charge >= 0.3 is 5.97 Å². The molecule has 1 rings (SSSR count). The Balaban J connectivity index is 2.93. The molecule has 0 fully saturated rings. The van der Waals surface area contributed by atoms with E-state index >= 15 is 0 Å². The summed E-state index contributed by atoms with van der Waals surface area (Å²) in [5.74, 6) is -0.625. The summed E-state index contributed by atoms with van der Waals surface area (Å²) in [6, 6.07) is 8.77. The molecule has 4 heteroatoms. The molecule has 0 aliphatic heterocycles. The molecule has 0 amide bonds. The number of benzene rings is 1. The lowest BCUT2D eigenvalue weighted by molar-refractivity contribution is -0.137. The summed E-state index contributed by atoms with van der Waals surface area (Å²) in [6.07, 6.45) is 0.924. The van der Waals surface area contributed by atoms with Crippen LogP contribution in [0.25, 0.3) is 6.08 Å². The first-order valence-corrected chi connectivity index (χ1v) is 5.65. The van der Waals surface area contributed by atoms with Gasteiger partial charge in [0.2, 0.25) is 0 Å². The molecule has 0 saturated carbocycles. The maximum Gasteiger partial charge on any atom is 0.348 e. The van der Waals surface area contributed by atoms with Crippen molar-refractivity contribution >= 4 is 12.0 Å². The highest BCUT2D eigenvalue weighted by Crippen LogP contribution is 2.15. The molecule has 0 bridgehead atoms. The van der Waals surface area contributed by atoms with Gasteiger partial charge in [-0.2, -0.15) is 5.26 Å². The number of aliphatic hydroxyl groups is 1. The maximum absolute atomic E-state index is 11.4. The van der Waals surface area contributed by atoms with E-state index in [1.807, 2.05) is 6.07 Å². The van der Waals surface area contributed by atoms with Gasteiger partial charge in [-0.25, -0.2) is 4.79 Å². The van der Waals surface area contributed by atoms with E-state index < -0.39 is 12.1 Å². The van der Waals surface area contributed by atoms with Crippen LogP contribution in [0, 0.1) is 11.3 Å². The Labute approximate surface area is 106 Å². The molecule has 1 aromatic carbocycles. The zero-order chi connectivity index (χ0) is 13.5. The predicted molar refractivity (Wildman–Crippen MR) is 67.3 cm³/mol. The standard InChI is InChI=1S/C14H15NO3/c1-3-18-14(17)13(9-15)8-11-4-6-12(7-5-11)10(2)16/h4-8,10,16H,3H2,1-2H3/b13-8-. The molecule has 0 aromatic heterocycles.